The first kappa shape index (κ1) is 18.9. The van der Waals surface area contributed by atoms with Gasteiger partial charge in [0.2, 0.25) is 5.91 Å². The third kappa shape index (κ3) is 3.61. The molecule has 3 aromatic rings. The Labute approximate surface area is 168 Å². The van der Waals surface area contributed by atoms with Gasteiger partial charge in [-0.15, -0.1) is 11.3 Å². The second-order valence-electron chi connectivity index (χ2n) is 7.73. The van der Waals surface area contributed by atoms with Gasteiger partial charge in [-0.2, -0.15) is 0 Å². The van der Waals surface area contributed by atoms with Crippen LogP contribution in [0.15, 0.2) is 41.5 Å². The van der Waals surface area contributed by atoms with Crippen molar-refractivity contribution in [3.8, 4) is 0 Å². The third-order valence-corrected chi connectivity index (χ3v) is 6.89. The number of carbonyl (C=O) groups excluding carboxylic acids is 1. The van der Waals surface area contributed by atoms with E-state index in [4.69, 9.17) is 0 Å². The normalized spacial score (nSPS) is 15.0. The summed E-state index contributed by atoms with van der Waals surface area (Å²) in [5.74, 6) is 0.530. The van der Waals surface area contributed by atoms with Crippen molar-refractivity contribution in [2.75, 3.05) is 0 Å². The molecule has 5 nitrogen and oxygen atoms in total. The van der Waals surface area contributed by atoms with Crippen molar-refractivity contribution in [3.63, 3.8) is 0 Å². The zero-order valence-corrected chi connectivity index (χ0v) is 17.3. The maximum Gasteiger partial charge on any atom is 0.262 e. The van der Waals surface area contributed by atoms with Crippen LogP contribution in [0.1, 0.15) is 35.8 Å². The molecule has 0 spiro atoms. The van der Waals surface area contributed by atoms with Crippen molar-refractivity contribution in [1.82, 2.24) is 14.5 Å². The summed E-state index contributed by atoms with van der Waals surface area (Å²) in [6, 6.07) is 10.2. The van der Waals surface area contributed by atoms with Crippen molar-refractivity contribution < 1.29 is 4.79 Å². The fraction of sp³-hybridized carbons (Fsp3) is 0.409. The molecule has 4 rings (SSSR count). The molecule has 1 aliphatic rings. The predicted molar refractivity (Wildman–Crippen MR) is 113 cm³/mol. The summed E-state index contributed by atoms with van der Waals surface area (Å²) in [6.45, 7) is 6.66. The van der Waals surface area contributed by atoms with E-state index in [2.05, 4.69) is 11.9 Å². The number of thiophene rings is 1. The van der Waals surface area contributed by atoms with E-state index in [0.717, 1.165) is 20.8 Å². The molecular weight excluding hydrogens is 370 g/mol. The van der Waals surface area contributed by atoms with Crippen molar-refractivity contribution in [2.45, 2.75) is 52.7 Å². The number of carbonyl (C=O) groups is 1. The number of aromatic nitrogens is 2. The molecule has 0 bridgehead atoms. The summed E-state index contributed by atoms with van der Waals surface area (Å²) < 4.78 is 1.46. The molecule has 1 unspecified atom stereocenters. The van der Waals surface area contributed by atoms with Crippen molar-refractivity contribution in [3.05, 3.63) is 63.0 Å². The van der Waals surface area contributed by atoms with Gasteiger partial charge in [-0.3, -0.25) is 14.2 Å². The number of benzene rings is 1. The number of aryl methyl sites for hydroxylation is 2. The van der Waals surface area contributed by atoms with Gasteiger partial charge in [-0.05, 0) is 50.7 Å². The zero-order chi connectivity index (χ0) is 19.8. The summed E-state index contributed by atoms with van der Waals surface area (Å²) in [5.41, 5.74) is 1.94. The molecule has 2 aromatic heterocycles. The highest BCUT2D eigenvalue weighted by Crippen LogP contribution is 2.35. The Morgan fingerprint density at radius 1 is 1.29 bits per heavy atom. The van der Waals surface area contributed by atoms with Crippen LogP contribution in [0.25, 0.3) is 10.2 Å². The lowest BCUT2D eigenvalue weighted by Crippen LogP contribution is -2.42. The Balaban J connectivity index is 1.62. The topological polar surface area (TPSA) is 55.2 Å². The van der Waals surface area contributed by atoms with Crippen LogP contribution in [0.3, 0.4) is 0 Å². The summed E-state index contributed by atoms with van der Waals surface area (Å²) >= 11 is 1.53. The highest BCUT2D eigenvalue weighted by atomic mass is 32.1. The van der Waals surface area contributed by atoms with Crippen LogP contribution in [0.5, 0.6) is 0 Å². The van der Waals surface area contributed by atoms with Crippen LogP contribution < -0.4 is 5.56 Å². The highest BCUT2D eigenvalue weighted by Gasteiger charge is 2.34. The Kier molecular flexibility index (Phi) is 5.06. The number of rotatable bonds is 6. The minimum atomic E-state index is -0.126. The van der Waals surface area contributed by atoms with Crippen molar-refractivity contribution >= 4 is 27.5 Å². The highest BCUT2D eigenvalue weighted by molar-refractivity contribution is 7.18. The summed E-state index contributed by atoms with van der Waals surface area (Å²) in [6.07, 6.45) is 3.85. The SMILES string of the molecule is Cc1sc2ncn(CC(=O)N(Cc3ccccc3)C(C)C3CC3)c(=O)c2c1C. The van der Waals surface area contributed by atoms with E-state index < -0.39 is 0 Å². The van der Waals surface area contributed by atoms with Crippen molar-refractivity contribution in [1.29, 1.82) is 0 Å². The lowest BCUT2D eigenvalue weighted by molar-refractivity contribution is -0.135. The molecule has 1 aliphatic carbocycles. The van der Waals surface area contributed by atoms with E-state index in [0.29, 0.717) is 17.8 Å². The first-order valence-corrected chi connectivity index (χ1v) is 10.6. The largest absolute Gasteiger partial charge is 0.334 e. The number of fused-ring (bicyclic) bond motifs is 1. The van der Waals surface area contributed by atoms with Gasteiger partial charge in [0.15, 0.2) is 0 Å². The molecule has 28 heavy (non-hydrogen) atoms. The molecular formula is C22H25N3O2S. The maximum absolute atomic E-state index is 13.2. The monoisotopic (exact) mass is 395 g/mol. The molecule has 1 atom stereocenters. The molecule has 146 valence electrons. The van der Waals surface area contributed by atoms with Gasteiger partial charge >= 0.3 is 0 Å². The van der Waals surface area contributed by atoms with E-state index in [9.17, 15) is 9.59 Å². The number of nitrogens with zero attached hydrogens (tertiary/aromatic N) is 3. The van der Waals surface area contributed by atoms with Crippen LogP contribution in [0, 0.1) is 19.8 Å². The molecule has 2 heterocycles. The minimum absolute atomic E-state index is 0.0278. The van der Waals surface area contributed by atoms with Gasteiger partial charge < -0.3 is 4.90 Å². The molecule has 0 saturated heterocycles. The van der Waals surface area contributed by atoms with Crippen LogP contribution in [-0.4, -0.2) is 26.4 Å². The molecule has 0 aliphatic heterocycles. The standard InChI is InChI=1S/C22H25N3O2S/c1-14-16(3)28-21-20(14)22(27)24(13-23-21)12-19(26)25(15(2)18-9-10-18)11-17-7-5-4-6-8-17/h4-8,13,15,18H,9-12H2,1-3H3. The quantitative estimate of drug-likeness (QED) is 0.636. The second kappa shape index (κ2) is 7.51. The fourth-order valence-corrected chi connectivity index (χ4v) is 4.68. The van der Waals surface area contributed by atoms with Crippen LogP contribution >= 0.6 is 11.3 Å². The van der Waals surface area contributed by atoms with E-state index in [1.807, 2.05) is 49.1 Å². The molecule has 1 saturated carbocycles. The lowest BCUT2D eigenvalue weighted by atomic mass is 10.1. The van der Waals surface area contributed by atoms with Gasteiger partial charge in [0.25, 0.3) is 5.56 Å². The fourth-order valence-electron chi connectivity index (χ4n) is 3.69. The average molecular weight is 396 g/mol. The molecule has 1 fully saturated rings. The van der Waals surface area contributed by atoms with Gasteiger partial charge in [-0.1, -0.05) is 30.3 Å². The molecule has 1 aromatic carbocycles. The Morgan fingerprint density at radius 2 is 2.00 bits per heavy atom. The van der Waals surface area contributed by atoms with Gasteiger partial charge in [-0.25, -0.2) is 4.98 Å². The van der Waals surface area contributed by atoms with Crippen LogP contribution in [0.4, 0.5) is 0 Å². The summed E-state index contributed by atoms with van der Waals surface area (Å²) in [4.78, 5) is 34.4. The molecule has 0 N–H and O–H groups in total. The molecule has 0 radical (unpaired) electrons. The van der Waals surface area contributed by atoms with E-state index in [-0.39, 0.29) is 24.1 Å². The number of hydrogen-bond donors (Lipinski definition) is 0. The second-order valence-corrected chi connectivity index (χ2v) is 8.93. The number of hydrogen-bond acceptors (Lipinski definition) is 4. The number of amides is 1. The minimum Gasteiger partial charge on any atom is -0.334 e. The first-order valence-electron chi connectivity index (χ1n) is 9.74. The summed E-state index contributed by atoms with van der Waals surface area (Å²) in [5, 5.41) is 0.641. The Morgan fingerprint density at radius 3 is 2.68 bits per heavy atom. The van der Waals surface area contributed by atoms with E-state index >= 15 is 0 Å². The summed E-state index contributed by atoms with van der Waals surface area (Å²) in [7, 11) is 0. The first-order chi connectivity index (χ1) is 13.5. The van der Waals surface area contributed by atoms with Crippen LogP contribution in [0.2, 0.25) is 0 Å². The van der Waals surface area contributed by atoms with Crippen LogP contribution in [-0.2, 0) is 17.9 Å². The van der Waals surface area contributed by atoms with Gasteiger partial charge in [0.1, 0.15) is 11.4 Å². The zero-order valence-electron chi connectivity index (χ0n) is 16.5. The molecule has 6 heteroatoms. The smallest absolute Gasteiger partial charge is 0.262 e. The van der Waals surface area contributed by atoms with Crippen molar-refractivity contribution in [2.24, 2.45) is 5.92 Å². The maximum atomic E-state index is 13.2. The Bertz CT molecular complexity index is 1070. The van der Waals surface area contributed by atoms with Gasteiger partial charge in [0, 0.05) is 17.5 Å². The molecule has 1 amide bonds. The lowest BCUT2D eigenvalue weighted by Gasteiger charge is -2.30. The Hall–Kier alpha value is -2.47. The van der Waals surface area contributed by atoms with E-state index in [1.54, 1.807) is 0 Å². The predicted octanol–water partition coefficient (Wildman–Crippen LogP) is 3.90. The van der Waals surface area contributed by atoms with E-state index in [1.165, 1.54) is 35.1 Å². The third-order valence-electron chi connectivity index (χ3n) is 5.77. The van der Waals surface area contributed by atoms with Gasteiger partial charge in [0.05, 0.1) is 11.7 Å². The average Bonchev–Trinajstić information content (AvgIpc) is 3.49.